The Morgan fingerprint density at radius 3 is 2.83 bits per heavy atom. The van der Waals surface area contributed by atoms with Crippen molar-refractivity contribution in [3.63, 3.8) is 0 Å². The molecule has 0 spiro atoms. The minimum absolute atomic E-state index is 0.170. The molecule has 1 N–H and O–H groups in total. The standard InChI is InChI=1S/C19H36N4O/c1-15(2)21(3)10-7-5-9-20-19(24)23-13-16-12-22-11-6-4-8-18(22)17(16)14-23/h15-18H,4-14H2,1-3H3,(H,20,24). The minimum atomic E-state index is 0.170. The maximum absolute atomic E-state index is 12.4. The van der Waals surface area contributed by atoms with Crippen LogP contribution < -0.4 is 5.32 Å². The highest BCUT2D eigenvalue weighted by molar-refractivity contribution is 5.74. The summed E-state index contributed by atoms with van der Waals surface area (Å²) in [6.45, 7) is 10.8. The largest absolute Gasteiger partial charge is 0.338 e. The van der Waals surface area contributed by atoms with Crippen LogP contribution in [0.4, 0.5) is 4.79 Å². The molecule has 3 rings (SSSR count). The Hall–Kier alpha value is -0.810. The van der Waals surface area contributed by atoms with E-state index in [9.17, 15) is 4.79 Å². The van der Waals surface area contributed by atoms with Crippen molar-refractivity contribution in [1.82, 2.24) is 20.0 Å². The summed E-state index contributed by atoms with van der Waals surface area (Å²) in [6.07, 6.45) is 6.31. The lowest BCUT2D eigenvalue weighted by atomic mass is 9.90. The molecular formula is C19H36N4O. The molecule has 0 aromatic carbocycles. The van der Waals surface area contributed by atoms with Crippen LogP contribution in [-0.4, -0.2) is 79.1 Å². The number of likely N-dealkylation sites (tertiary alicyclic amines) is 1. The number of hydrogen-bond acceptors (Lipinski definition) is 3. The Kier molecular flexibility index (Phi) is 6.03. The number of fused-ring (bicyclic) bond motifs is 3. The van der Waals surface area contributed by atoms with E-state index >= 15 is 0 Å². The second kappa shape index (κ2) is 8.05. The number of amides is 2. The van der Waals surface area contributed by atoms with E-state index < -0.39 is 0 Å². The van der Waals surface area contributed by atoms with Gasteiger partial charge < -0.3 is 15.1 Å². The molecule has 138 valence electrons. The first-order chi connectivity index (χ1) is 11.6. The summed E-state index contributed by atoms with van der Waals surface area (Å²) in [5.74, 6) is 1.45. The summed E-state index contributed by atoms with van der Waals surface area (Å²) >= 11 is 0. The van der Waals surface area contributed by atoms with Gasteiger partial charge in [-0.1, -0.05) is 6.42 Å². The number of urea groups is 1. The molecule has 0 aromatic heterocycles. The molecule has 0 aromatic rings. The number of carbonyl (C=O) groups excluding carboxylic acids is 1. The molecule has 3 heterocycles. The van der Waals surface area contributed by atoms with Crippen LogP contribution in [0.25, 0.3) is 0 Å². The molecule has 2 amide bonds. The lowest BCUT2D eigenvalue weighted by molar-refractivity contribution is 0.154. The van der Waals surface area contributed by atoms with Crippen molar-refractivity contribution in [2.24, 2.45) is 11.8 Å². The number of piperidine rings is 1. The summed E-state index contributed by atoms with van der Waals surface area (Å²) in [6, 6.07) is 1.53. The summed E-state index contributed by atoms with van der Waals surface area (Å²) in [4.78, 5) is 19.6. The van der Waals surface area contributed by atoms with E-state index in [4.69, 9.17) is 0 Å². The molecule has 24 heavy (non-hydrogen) atoms. The van der Waals surface area contributed by atoms with E-state index in [1.54, 1.807) is 0 Å². The summed E-state index contributed by atoms with van der Waals surface area (Å²) in [7, 11) is 2.17. The van der Waals surface area contributed by atoms with Gasteiger partial charge in [0, 0.05) is 38.3 Å². The van der Waals surface area contributed by atoms with Crippen molar-refractivity contribution in [3.05, 3.63) is 0 Å². The van der Waals surface area contributed by atoms with Crippen molar-refractivity contribution in [2.45, 2.75) is 58.0 Å². The highest BCUT2D eigenvalue weighted by Gasteiger charge is 2.48. The molecule has 0 bridgehead atoms. The molecule has 3 saturated heterocycles. The fourth-order valence-electron chi connectivity index (χ4n) is 4.77. The van der Waals surface area contributed by atoms with Crippen molar-refractivity contribution >= 4 is 6.03 Å². The van der Waals surface area contributed by atoms with Gasteiger partial charge >= 0.3 is 6.03 Å². The van der Waals surface area contributed by atoms with Gasteiger partial charge in [0.1, 0.15) is 0 Å². The third-order valence-electron chi connectivity index (χ3n) is 6.50. The van der Waals surface area contributed by atoms with Gasteiger partial charge in [-0.3, -0.25) is 4.90 Å². The molecule has 5 heteroatoms. The fraction of sp³-hybridized carbons (Fsp3) is 0.947. The van der Waals surface area contributed by atoms with E-state index in [1.807, 2.05) is 0 Å². The lowest BCUT2D eigenvalue weighted by Gasteiger charge is -2.33. The number of hydrogen-bond donors (Lipinski definition) is 1. The Bertz CT molecular complexity index is 428. The van der Waals surface area contributed by atoms with Gasteiger partial charge in [-0.25, -0.2) is 4.79 Å². The first kappa shape index (κ1) is 18.0. The van der Waals surface area contributed by atoms with Crippen LogP contribution in [0, 0.1) is 11.8 Å². The smallest absolute Gasteiger partial charge is 0.317 e. The summed E-state index contributed by atoms with van der Waals surface area (Å²) in [5, 5.41) is 3.14. The molecular weight excluding hydrogens is 300 g/mol. The van der Waals surface area contributed by atoms with Gasteiger partial charge in [0.2, 0.25) is 0 Å². The first-order valence-corrected chi connectivity index (χ1v) is 10.0. The van der Waals surface area contributed by atoms with Crippen molar-refractivity contribution in [1.29, 1.82) is 0 Å². The molecule has 0 aliphatic carbocycles. The van der Waals surface area contributed by atoms with Crippen LogP contribution >= 0.6 is 0 Å². The second-order valence-electron chi connectivity index (χ2n) is 8.40. The average molecular weight is 337 g/mol. The first-order valence-electron chi connectivity index (χ1n) is 10.0. The van der Waals surface area contributed by atoms with Crippen LogP contribution in [0.2, 0.25) is 0 Å². The average Bonchev–Trinajstić information content (AvgIpc) is 3.11. The Morgan fingerprint density at radius 1 is 1.21 bits per heavy atom. The van der Waals surface area contributed by atoms with E-state index in [0.29, 0.717) is 6.04 Å². The zero-order chi connectivity index (χ0) is 17.1. The molecule has 3 unspecified atom stereocenters. The molecule has 0 saturated carbocycles. The normalized spacial score (nSPS) is 30.0. The van der Waals surface area contributed by atoms with Gasteiger partial charge in [0.05, 0.1) is 0 Å². The highest BCUT2D eigenvalue weighted by atomic mass is 16.2. The third-order valence-corrected chi connectivity index (χ3v) is 6.50. The second-order valence-corrected chi connectivity index (χ2v) is 8.40. The van der Waals surface area contributed by atoms with E-state index in [2.05, 4.69) is 40.9 Å². The van der Waals surface area contributed by atoms with Gasteiger partial charge in [-0.2, -0.15) is 0 Å². The summed E-state index contributed by atoms with van der Waals surface area (Å²) in [5.41, 5.74) is 0. The predicted molar refractivity (Wildman–Crippen MR) is 98.2 cm³/mol. The van der Waals surface area contributed by atoms with Crippen molar-refractivity contribution < 1.29 is 4.79 Å². The Labute approximate surface area is 147 Å². The van der Waals surface area contributed by atoms with Crippen LogP contribution in [0.15, 0.2) is 0 Å². The van der Waals surface area contributed by atoms with Crippen LogP contribution in [0.1, 0.15) is 46.0 Å². The van der Waals surface area contributed by atoms with Gasteiger partial charge in [0.25, 0.3) is 0 Å². The van der Waals surface area contributed by atoms with E-state index in [-0.39, 0.29) is 6.03 Å². The molecule has 3 fully saturated rings. The Balaban J connectivity index is 1.34. The number of nitrogens with one attached hydrogen (secondary N) is 1. The topological polar surface area (TPSA) is 38.8 Å². The highest BCUT2D eigenvalue weighted by Crippen LogP contribution is 2.40. The van der Waals surface area contributed by atoms with Gasteiger partial charge in [-0.05, 0) is 71.5 Å². The predicted octanol–water partition coefficient (Wildman–Crippen LogP) is 2.23. The third kappa shape index (κ3) is 4.05. The zero-order valence-corrected chi connectivity index (χ0v) is 15.8. The molecule has 5 nitrogen and oxygen atoms in total. The number of nitrogens with zero attached hydrogens (tertiary/aromatic N) is 3. The fourth-order valence-corrected chi connectivity index (χ4v) is 4.77. The number of rotatable bonds is 6. The molecule has 3 aliphatic heterocycles. The summed E-state index contributed by atoms with van der Waals surface area (Å²) < 4.78 is 0. The van der Waals surface area contributed by atoms with Crippen molar-refractivity contribution in [3.8, 4) is 0 Å². The minimum Gasteiger partial charge on any atom is -0.338 e. The quantitative estimate of drug-likeness (QED) is 0.756. The van der Waals surface area contributed by atoms with Gasteiger partial charge in [-0.15, -0.1) is 0 Å². The van der Waals surface area contributed by atoms with Gasteiger partial charge in [0.15, 0.2) is 0 Å². The van der Waals surface area contributed by atoms with Crippen molar-refractivity contribution in [2.75, 3.05) is 46.3 Å². The number of unbranched alkanes of at least 4 members (excludes halogenated alkanes) is 1. The number of carbonyl (C=O) groups is 1. The van der Waals surface area contributed by atoms with Crippen LogP contribution in [-0.2, 0) is 0 Å². The van der Waals surface area contributed by atoms with Crippen LogP contribution in [0.3, 0.4) is 0 Å². The monoisotopic (exact) mass is 336 g/mol. The molecule has 0 radical (unpaired) electrons. The lowest BCUT2D eigenvalue weighted by Crippen LogP contribution is -2.43. The molecule has 3 aliphatic rings. The van der Waals surface area contributed by atoms with E-state index in [0.717, 1.165) is 56.9 Å². The SMILES string of the molecule is CC(C)N(C)CCCCNC(=O)N1CC2CN3CCCCC3C2C1. The van der Waals surface area contributed by atoms with Crippen LogP contribution in [0.5, 0.6) is 0 Å². The maximum atomic E-state index is 12.4. The van der Waals surface area contributed by atoms with E-state index in [1.165, 1.54) is 32.4 Å². The maximum Gasteiger partial charge on any atom is 0.317 e. The zero-order valence-electron chi connectivity index (χ0n) is 15.8. The molecule has 3 atom stereocenters. The Morgan fingerprint density at radius 2 is 2.04 bits per heavy atom.